The van der Waals surface area contributed by atoms with Gasteiger partial charge in [-0.05, 0) is 31.4 Å². The van der Waals surface area contributed by atoms with Crippen molar-refractivity contribution in [1.29, 1.82) is 0 Å². The van der Waals surface area contributed by atoms with Crippen LogP contribution in [0.4, 0.5) is 9.18 Å². The number of amidine groups is 1. The molecule has 2 amide bonds. The first kappa shape index (κ1) is 28.2. The highest BCUT2D eigenvalue weighted by atomic mass is 35.5. The molecule has 220 valence electrons. The fourth-order valence-electron chi connectivity index (χ4n) is 6.01. The number of carbonyl (C=O) groups is 3. The van der Waals surface area contributed by atoms with E-state index in [0.29, 0.717) is 61.0 Å². The van der Waals surface area contributed by atoms with Gasteiger partial charge in [-0.3, -0.25) is 14.7 Å². The van der Waals surface area contributed by atoms with E-state index in [2.05, 4.69) is 10.3 Å². The number of urea groups is 1. The van der Waals surface area contributed by atoms with Crippen LogP contribution in [0.25, 0.3) is 0 Å². The lowest BCUT2D eigenvalue weighted by molar-refractivity contribution is -0.141. The predicted molar refractivity (Wildman–Crippen MR) is 152 cm³/mol. The number of carboxylic acids is 1. The number of amides is 2. The maximum atomic E-state index is 13.9. The molecule has 0 spiro atoms. The number of methoxy groups -OCH3 is 1. The third-order valence-electron chi connectivity index (χ3n) is 8.08. The third kappa shape index (κ3) is 5.22. The Labute approximate surface area is 249 Å². The number of thiazole rings is 1. The van der Waals surface area contributed by atoms with Crippen molar-refractivity contribution in [2.24, 2.45) is 10.9 Å². The molecule has 1 saturated carbocycles. The second kappa shape index (κ2) is 11.4. The number of nitrogens with zero attached hydrogens (tertiary/aromatic N) is 5. The van der Waals surface area contributed by atoms with Crippen molar-refractivity contribution in [2.75, 3.05) is 33.3 Å². The number of benzene rings is 1. The summed E-state index contributed by atoms with van der Waals surface area (Å²) in [6, 6.07) is 2.88. The van der Waals surface area contributed by atoms with Gasteiger partial charge in [-0.2, -0.15) is 0 Å². The first-order chi connectivity index (χ1) is 20.2. The Balaban J connectivity index is 1.31. The Hall–Kier alpha value is -3.97. The summed E-state index contributed by atoms with van der Waals surface area (Å²) >= 11 is 7.82. The largest absolute Gasteiger partial charge is 0.481 e. The lowest BCUT2D eigenvalue weighted by atomic mass is 9.95. The van der Waals surface area contributed by atoms with Gasteiger partial charge in [0.05, 0.1) is 37.4 Å². The van der Waals surface area contributed by atoms with Crippen molar-refractivity contribution in [3.63, 3.8) is 0 Å². The molecule has 1 saturated heterocycles. The topological polar surface area (TPSA) is 128 Å². The van der Waals surface area contributed by atoms with E-state index < -0.39 is 29.7 Å². The number of aliphatic carboxylic acids is 1. The molecule has 0 radical (unpaired) electrons. The molecule has 4 heterocycles. The van der Waals surface area contributed by atoms with Crippen molar-refractivity contribution in [3.8, 4) is 0 Å². The molecule has 3 aliphatic heterocycles. The molecule has 11 nitrogen and oxygen atoms in total. The van der Waals surface area contributed by atoms with Gasteiger partial charge in [0.15, 0.2) is 10.8 Å². The molecule has 4 aliphatic rings. The van der Waals surface area contributed by atoms with E-state index in [0.717, 1.165) is 5.70 Å². The molecule has 2 N–H and O–H groups in total. The average molecular weight is 615 g/mol. The fourth-order valence-corrected chi connectivity index (χ4v) is 6.86. The number of ether oxygens (including phenoxy) is 1. The van der Waals surface area contributed by atoms with Gasteiger partial charge >= 0.3 is 18.0 Å². The number of rotatable bonds is 7. The summed E-state index contributed by atoms with van der Waals surface area (Å²) in [5.41, 5.74) is 2.02. The van der Waals surface area contributed by atoms with Gasteiger partial charge in [-0.15, -0.1) is 11.3 Å². The van der Waals surface area contributed by atoms with Crippen LogP contribution in [0.3, 0.4) is 0 Å². The van der Waals surface area contributed by atoms with Crippen LogP contribution in [-0.2, 0) is 14.3 Å². The van der Waals surface area contributed by atoms with E-state index >= 15 is 0 Å². The zero-order valence-electron chi connectivity index (χ0n) is 22.6. The van der Waals surface area contributed by atoms with E-state index in [4.69, 9.17) is 21.3 Å². The van der Waals surface area contributed by atoms with Crippen LogP contribution in [0, 0.1) is 11.7 Å². The standard InChI is InChI=1S/C28H28ClFN6O5S/c1-41-27(39)22-21(32-24(25-31-6-9-42-25)33-23(22)19-5-3-16(30)11-20(19)29)14-34-7-8-35-18(12-34)13-36(28(35)40)17-4-2-15(10-17)26(37)38/h3,5-6,9,11-12,15,17,23H,2,4,7-8,10,13-14H2,1H3,(H,32,33)(H,37,38)/t15-,17-,23?/m0/s1. The Bertz CT molecular complexity index is 1530. The van der Waals surface area contributed by atoms with Crippen LogP contribution < -0.4 is 5.32 Å². The van der Waals surface area contributed by atoms with Crippen LogP contribution >= 0.6 is 22.9 Å². The summed E-state index contributed by atoms with van der Waals surface area (Å²) in [5, 5.41) is 15.2. The fraction of sp³-hybridized carbons (Fsp3) is 0.393. The van der Waals surface area contributed by atoms with Gasteiger partial charge in [-0.25, -0.2) is 19.0 Å². The smallest absolute Gasteiger partial charge is 0.338 e. The van der Waals surface area contributed by atoms with E-state index in [1.165, 1.54) is 36.6 Å². The molecule has 2 aromatic rings. The predicted octanol–water partition coefficient (Wildman–Crippen LogP) is 3.60. The molecule has 1 aromatic carbocycles. The number of aliphatic imine (C=N–C) groups is 1. The van der Waals surface area contributed by atoms with Gasteiger partial charge in [0.2, 0.25) is 0 Å². The van der Waals surface area contributed by atoms with Gasteiger partial charge in [0.25, 0.3) is 0 Å². The van der Waals surface area contributed by atoms with E-state index in [1.54, 1.807) is 16.0 Å². The van der Waals surface area contributed by atoms with E-state index in [1.807, 2.05) is 16.5 Å². The second-order valence-electron chi connectivity index (χ2n) is 10.5. The van der Waals surface area contributed by atoms with Crippen molar-refractivity contribution in [3.05, 3.63) is 74.4 Å². The zero-order chi connectivity index (χ0) is 29.5. The van der Waals surface area contributed by atoms with E-state index in [9.17, 15) is 23.9 Å². The molecule has 1 aliphatic carbocycles. The minimum Gasteiger partial charge on any atom is -0.481 e. The quantitative estimate of drug-likeness (QED) is 0.453. The number of hydrogen-bond donors (Lipinski definition) is 2. The van der Waals surface area contributed by atoms with Gasteiger partial charge in [0.1, 0.15) is 11.9 Å². The summed E-state index contributed by atoms with van der Waals surface area (Å²) in [5.74, 6) is -1.91. The molecule has 3 atom stereocenters. The number of aromatic nitrogens is 1. The van der Waals surface area contributed by atoms with Crippen LogP contribution in [0.5, 0.6) is 0 Å². The van der Waals surface area contributed by atoms with Crippen molar-refractivity contribution < 1.29 is 28.6 Å². The monoisotopic (exact) mass is 614 g/mol. The van der Waals surface area contributed by atoms with Crippen LogP contribution in [0.15, 0.2) is 57.9 Å². The molecule has 14 heteroatoms. The maximum Gasteiger partial charge on any atom is 0.338 e. The SMILES string of the molecule is COC(=O)C1=C(CN2C=C3CN([C@H]4CC[C@H](C(=O)O)C4)C(=O)N3CC2)NC(c2nccs2)=NC1c1ccc(F)cc1Cl. The molecule has 42 heavy (non-hydrogen) atoms. The Morgan fingerprint density at radius 2 is 2.12 bits per heavy atom. The molecular formula is C28H28ClFN6O5S. The van der Waals surface area contributed by atoms with Crippen LogP contribution in [-0.4, -0.2) is 87.9 Å². The van der Waals surface area contributed by atoms with Crippen molar-refractivity contribution in [1.82, 2.24) is 25.0 Å². The highest BCUT2D eigenvalue weighted by Gasteiger charge is 2.43. The highest BCUT2D eigenvalue weighted by Crippen LogP contribution is 2.38. The Morgan fingerprint density at radius 1 is 1.29 bits per heavy atom. The molecule has 0 bridgehead atoms. The summed E-state index contributed by atoms with van der Waals surface area (Å²) in [6.07, 6.45) is 5.24. The minimum absolute atomic E-state index is 0.105. The van der Waals surface area contributed by atoms with Crippen molar-refractivity contribution in [2.45, 2.75) is 31.3 Å². The second-order valence-corrected chi connectivity index (χ2v) is 11.8. The van der Waals surface area contributed by atoms with Crippen molar-refractivity contribution >= 4 is 46.7 Å². The summed E-state index contributed by atoms with van der Waals surface area (Å²) < 4.78 is 19.1. The summed E-state index contributed by atoms with van der Waals surface area (Å²) in [4.78, 5) is 52.5. The lowest BCUT2D eigenvalue weighted by Crippen LogP contribution is -2.44. The van der Waals surface area contributed by atoms with Gasteiger partial charge < -0.3 is 25.0 Å². The van der Waals surface area contributed by atoms with Crippen LogP contribution in [0.1, 0.15) is 35.9 Å². The zero-order valence-corrected chi connectivity index (χ0v) is 24.2. The van der Waals surface area contributed by atoms with Gasteiger partial charge in [-0.1, -0.05) is 17.7 Å². The number of hydrogen-bond acceptors (Lipinski definition) is 9. The third-order valence-corrected chi connectivity index (χ3v) is 9.18. The molecule has 1 unspecified atom stereocenters. The van der Waals surface area contributed by atoms with Gasteiger partial charge in [0, 0.05) is 53.2 Å². The number of esters is 1. The minimum atomic E-state index is -0.872. The number of halogens is 2. The highest BCUT2D eigenvalue weighted by molar-refractivity contribution is 7.11. The first-order valence-electron chi connectivity index (χ1n) is 13.5. The molecule has 6 rings (SSSR count). The number of fused-ring (bicyclic) bond motifs is 1. The van der Waals surface area contributed by atoms with Crippen LogP contribution in [0.2, 0.25) is 5.02 Å². The first-order valence-corrected chi connectivity index (χ1v) is 14.8. The Kier molecular flexibility index (Phi) is 7.62. The molecular weight excluding hydrogens is 587 g/mol. The molecule has 1 aromatic heterocycles. The number of carboxylic acid groups (broad SMARTS) is 1. The normalized spacial score (nSPS) is 23.9. The molecule has 2 fully saturated rings. The summed E-state index contributed by atoms with van der Waals surface area (Å²) in [6.45, 7) is 1.59. The maximum absolute atomic E-state index is 13.9. The Morgan fingerprint density at radius 3 is 2.81 bits per heavy atom. The number of carbonyl (C=O) groups excluding carboxylic acids is 2. The summed E-state index contributed by atoms with van der Waals surface area (Å²) in [7, 11) is 1.29. The van der Waals surface area contributed by atoms with E-state index in [-0.39, 0.29) is 29.2 Å². The number of nitrogens with one attached hydrogen (secondary N) is 1. The average Bonchev–Trinajstić information content (AvgIpc) is 3.73. The lowest BCUT2D eigenvalue weighted by Gasteiger charge is -2.34.